The van der Waals surface area contributed by atoms with Crippen LogP contribution in [0.25, 0.3) is 0 Å². The van der Waals surface area contributed by atoms with E-state index in [1.807, 2.05) is 0 Å². The van der Waals surface area contributed by atoms with Gasteiger partial charge in [-0.1, -0.05) is 0 Å². The fourth-order valence-electron chi connectivity index (χ4n) is 0.0765. The van der Waals surface area contributed by atoms with Crippen molar-refractivity contribution in [2.75, 3.05) is 0 Å². The molecule has 2 N–H and O–H groups in total. The summed E-state index contributed by atoms with van der Waals surface area (Å²) in [5.74, 6) is 0. The van der Waals surface area contributed by atoms with E-state index in [0.29, 0.717) is 5.71 Å². The molecule has 0 aromatic heterocycles. The second kappa shape index (κ2) is 2.24. The first-order valence-electron chi connectivity index (χ1n) is 2.45. The molecule has 0 amide bonds. The first-order valence-corrected chi connectivity index (χ1v) is 2.45. The minimum absolute atomic E-state index is 0.354. The molecule has 3 heteroatoms. The average molecular weight is 115 g/mol. The molecule has 48 valence electrons. The van der Waals surface area contributed by atoms with Gasteiger partial charge in [-0.05, 0) is 20.8 Å². The zero-order chi connectivity index (χ0) is 6.78. The van der Waals surface area contributed by atoms with Crippen LogP contribution in [-0.2, 0) is 0 Å². The summed E-state index contributed by atoms with van der Waals surface area (Å²) >= 11 is 0. The van der Waals surface area contributed by atoms with Gasteiger partial charge in [0, 0.05) is 11.3 Å². The SMILES string of the molecule is CC(=N)C(C)(C)N[O-]. The van der Waals surface area contributed by atoms with E-state index in [1.165, 1.54) is 0 Å². The van der Waals surface area contributed by atoms with Crippen LogP contribution in [0, 0.1) is 10.6 Å². The van der Waals surface area contributed by atoms with Gasteiger partial charge in [0.15, 0.2) is 0 Å². The Kier molecular flexibility index (Phi) is 2.12. The molecule has 0 rings (SSSR count). The third-order valence-electron chi connectivity index (χ3n) is 1.19. The average Bonchev–Trinajstić information content (AvgIpc) is 1.67. The molecule has 0 heterocycles. The van der Waals surface area contributed by atoms with Gasteiger partial charge in [-0.2, -0.15) is 0 Å². The molecule has 0 saturated heterocycles. The van der Waals surface area contributed by atoms with Crippen LogP contribution in [-0.4, -0.2) is 11.3 Å². The molecule has 0 radical (unpaired) electrons. The summed E-state index contributed by atoms with van der Waals surface area (Å²) in [7, 11) is 0. The number of hydrogen-bond acceptors (Lipinski definition) is 3. The van der Waals surface area contributed by atoms with Crippen molar-refractivity contribution in [2.24, 2.45) is 0 Å². The fraction of sp³-hybridized carbons (Fsp3) is 0.800. The molecule has 0 bridgehead atoms. The normalized spacial score (nSPS) is 11.5. The molecule has 0 atom stereocenters. The molecule has 0 aromatic carbocycles. The van der Waals surface area contributed by atoms with Gasteiger partial charge in [0.05, 0.1) is 0 Å². The van der Waals surface area contributed by atoms with E-state index in [0.717, 1.165) is 0 Å². The molecule has 0 aliphatic rings. The van der Waals surface area contributed by atoms with Crippen molar-refractivity contribution >= 4 is 5.71 Å². The number of rotatable bonds is 2. The second-order valence-electron chi connectivity index (χ2n) is 2.35. The molecular weight excluding hydrogens is 104 g/mol. The van der Waals surface area contributed by atoms with Gasteiger partial charge in [0.1, 0.15) is 0 Å². The zero-order valence-corrected chi connectivity index (χ0v) is 5.41. The molecule has 8 heavy (non-hydrogen) atoms. The lowest BCUT2D eigenvalue weighted by Crippen LogP contribution is -2.41. The van der Waals surface area contributed by atoms with Gasteiger partial charge in [-0.25, -0.2) is 0 Å². The number of hydrogen-bond donors (Lipinski definition) is 2. The van der Waals surface area contributed by atoms with Gasteiger partial charge >= 0.3 is 0 Å². The summed E-state index contributed by atoms with van der Waals surface area (Å²) in [5, 5.41) is 17.0. The second-order valence-corrected chi connectivity index (χ2v) is 2.35. The molecule has 0 spiro atoms. The van der Waals surface area contributed by atoms with E-state index in [4.69, 9.17) is 5.41 Å². The Bertz CT molecular complexity index is 98.6. The van der Waals surface area contributed by atoms with Crippen molar-refractivity contribution < 1.29 is 0 Å². The summed E-state index contributed by atoms with van der Waals surface area (Å²) < 4.78 is 0. The van der Waals surface area contributed by atoms with Crippen LogP contribution in [0.1, 0.15) is 20.8 Å². The predicted octanol–water partition coefficient (Wildman–Crippen LogP) is 0.892. The van der Waals surface area contributed by atoms with Crippen LogP contribution < -0.4 is 5.48 Å². The maximum atomic E-state index is 10.0. The van der Waals surface area contributed by atoms with Crippen LogP contribution in [0.15, 0.2) is 0 Å². The van der Waals surface area contributed by atoms with Crippen molar-refractivity contribution in [2.45, 2.75) is 26.3 Å². The third-order valence-corrected chi connectivity index (χ3v) is 1.19. The van der Waals surface area contributed by atoms with Crippen molar-refractivity contribution in [3.63, 3.8) is 0 Å². The van der Waals surface area contributed by atoms with Crippen molar-refractivity contribution in [3.05, 3.63) is 5.21 Å². The topological polar surface area (TPSA) is 58.9 Å². The summed E-state index contributed by atoms with van der Waals surface area (Å²) in [6.45, 7) is 4.94. The van der Waals surface area contributed by atoms with E-state index >= 15 is 0 Å². The highest BCUT2D eigenvalue weighted by molar-refractivity contribution is 5.87. The molecule has 0 aliphatic carbocycles. The number of hydroxylamine groups is 1. The van der Waals surface area contributed by atoms with Crippen LogP contribution in [0.3, 0.4) is 0 Å². The van der Waals surface area contributed by atoms with Crippen molar-refractivity contribution in [1.82, 2.24) is 5.48 Å². The minimum Gasteiger partial charge on any atom is -0.787 e. The Morgan fingerprint density at radius 3 is 2.00 bits per heavy atom. The van der Waals surface area contributed by atoms with Gasteiger partial charge in [-0.15, -0.1) is 0 Å². The Morgan fingerprint density at radius 1 is 1.62 bits per heavy atom. The third kappa shape index (κ3) is 1.60. The molecule has 0 fully saturated rings. The standard InChI is InChI=1S/C5H11N2O/c1-4(6)5(2,3)7-8/h6-7H,1-3H3/q-1. The summed E-state index contributed by atoms with van der Waals surface area (Å²) in [6, 6.07) is 0. The minimum atomic E-state index is -0.681. The lowest BCUT2D eigenvalue weighted by Gasteiger charge is -2.28. The quantitative estimate of drug-likeness (QED) is 0.414. The van der Waals surface area contributed by atoms with E-state index in [2.05, 4.69) is 0 Å². The Morgan fingerprint density at radius 2 is 2.00 bits per heavy atom. The smallest absolute Gasteiger partial charge is 0.0389 e. The molecule has 0 aliphatic heterocycles. The highest BCUT2D eigenvalue weighted by atomic mass is 16.5. The van der Waals surface area contributed by atoms with Gasteiger partial charge in [0.2, 0.25) is 0 Å². The molecule has 0 unspecified atom stereocenters. The highest BCUT2D eigenvalue weighted by Crippen LogP contribution is 2.00. The largest absolute Gasteiger partial charge is 0.787 e. The predicted molar refractivity (Wildman–Crippen MR) is 34.0 cm³/mol. The first-order chi connectivity index (χ1) is 3.50. The molecular formula is C5H11N2O-. The summed E-state index contributed by atoms with van der Waals surface area (Å²) in [5.41, 5.74) is 1.44. The van der Waals surface area contributed by atoms with Crippen LogP contribution in [0.2, 0.25) is 0 Å². The summed E-state index contributed by atoms with van der Waals surface area (Å²) in [6.07, 6.45) is 0. The van der Waals surface area contributed by atoms with Crippen LogP contribution >= 0.6 is 0 Å². The fourth-order valence-corrected chi connectivity index (χ4v) is 0.0765. The maximum absolute atomic E-state index is 10.0. The molecule has 0 aromatic rings. The van der Waals surface area contributed by atoms with E-state index in [-0.39, 0.29) is 0 Å². The highest BCUT2D eigenvalue weighted by Gasteiger charge is 2.13. The Hall–Kier alpha value is -0.410. The summed E-state index contributed by atoms with van der Waals surface area (Å²) in [4.78, 5) is 0. The lowest BCUT2D eigenvalue weighted by atomic mass is 10.0. The van der Waals surface area contributed by atoms with Gasteiger partial charge in [0.25, 0.3) is 0 Å². The van der Waals surface area contributed by atoms with Crippen molar-refractivity contribution in [3.8, 4) is 0 Å². The van der Waals surface area contributed by atoms with E-state index in [1.54, 1.807) is 26.3 Å². The van der Waals surface area contributed by atoms with Gasteiger partial charge in [-0.3, -0.25) is 0 Å². The van der Waals surface area contributed by atoms with Gasteiger partial charge < -0.3 is 16.1 Å². The Balaban J connectivity index is 3.91. The maximum Gasteiger partial charge on any atom is 0.0389 e. The lowest BCUT2D eigenvalue weighted by molar-refractivity contribution is 0.587. The molecule has 3 nitrogen and oxygen atoms in total. The Labute approximate surface area is 49.2 Å². The van der Waals surface area contributed by atoms with E-state index < -0.39 is 5.54 Å². The van der Waals surface area contributed by atoms with Crippen molar-refractivity contribution in [1.29, 1.82) is 5.41 Å². The number of nitrogens with one attached hydrogen (secondary N) is 2. The first kappa shape index (κ1) is 7.59. The zero-order valence-electron chi connectivity index (χ0n) is 5.41. The van der Waals surface area contributed by atoms with Crippen LogP contribution in [0.5, 0.6) is 0 Å². The van der Waals surface area contributed by atoms with E-state index in [9.17, 15) is 5.21 Å². The molecule has 0 saturated carbocycles. The monoisotopic (exact) mass is 115 g/mol. The van der Waals surface area contributed by atoms with Crippen LogP contribution in [0.4, 0.5) is 0 Å².